The Balaban J connectivity index is 2.23. The average Bonchev–Trinajstić information content (AvgIpc) is 2.45. The normalized spacial score (nSPS) is 24.4. The van der Waals surface area contributed by atoms with Crippen LogP contribution in [0.2, 0.25) is 0 Å². The van der Waals surface area contributed by atoms with E-state index in [9.17, 15) is 15.0 Å². The van der Waals surface area contributed by atoms with Crippen molar-refractivity contribution in [3.05, 3.63) is 34.4 Å². The van der Waals surface area contributed by atoms with Crippen molar-refractivity contribution >= 4 is 5.97 Å². The molecule has 1 aromatic rings. The first-order chi connectivity index (χ1) is 11.3. The fraction of sp³-hybridized carbons (Fsp3) is 0.550. The summed E-state index contributed by atoms with van der Waals surface area (Å²) in [5.41, 5.74) is 2.33. The second kappa shape index (κ2) is 5.83. The van der Waals surface area contributed by atoms with Crippen LogP contribution in [-0.2, 0) is 6.42 Å². The van der Waals surface area contributed by atoms with Crippen molar-refractivity contribution in [2.24, 2.45) is 5.92 Å². The van der Waals surface area contributed by atoms with Gasteiger partial charge >= 0.3 is 5.97 Å². The molecule has 1 aliphatic carbocycles. The van der Waals surface area contributed by atoms with Crippen LogP contribution in [0, 0.1) is 5.92 Å². The first-order valence-corrected chi connectivity index (χ1v) is 8.73. The molecular weight excluding hydrogens is 304 g/mol. The SMILES string of the molecule is CCCc1cc2c(c(O)c1C(=O)O)C1CC(C)=CCC1C(C)(C)O2. The zero-order valence-corrected chi connectivity index (χ0v) is 14.8. The van der Waals surface area contributed by atoms with Crippen LogP contribution in [0.1, 0.15) is 74.4 Å². The number of carbonyl (C=O) groups is 1. The second-order valence-corrected chi connectivity index (χ2v) is 7.64. The Morgan fingerprint density at radius 3 is 2.75 bits per heavy atom. The van der Waals surface area contributed by atoms with Gasteiger partial charge in [-0.15, -0.1) is 0 Å². The minimum atomic E-state index is -1.07. The predicted molar refractivity (Wildman–Crippen MR) is 93.0 cm³/mol. The summed E-state index contributed by atoms with van der Waals surface area (Å²) in [6.07, 6.45) is 5.39. The Kier molecular flexibility index (Phi) is 4.10. The summed E-state index contributed by atoms with van der Waals surface area (Å²) in [6.45, 7) is 8.27. The van der Waals surface area contributed by atoms with Gasteiger partial charge in [-0.2, -0.15) is 0 Å². The van der Waals surface area contributed by atoms with E-state index in [1.807, 2.05) is 13.0 Å². The van der Waals surface area contributed by atoms with Crippen LogP contribution in [0.15, 0.2) is 17.7 Å². The Morgan fingerprint density at radius 2 is 2.12 bits per heavy atom. The standard InChI is InChI=1S/C20H26O4/c1-5-6-12-10-15-17(18(21)16(12)19(22)23)13-9-11(2)7-8-14(13)20(3,4)24-15/h7,10,13-14,21H,5-6,8-9H2,1-4H3,(H,22,23). The van der Waals surface area contributed by atoms with Crippen molar-refractivity contribution < 1.29 is 19.7 Å². The van der Waals surface area contributed by atoms with Crippen LogP contribution in [0.3, 0.4) is 0 Å². The summed E-state index contributed by atoms with van der Waals surface area (Å²) in [6, 6.07) is 1.84. The number of allylic oxidation sites excluding steroid dienone is 2. The van der Waals surface area contributed by atoms with Gasteiger partial charge in [0, 0.05) is 17.4 Å². The van der Waals surface area contributed by atoms with Crippen LogP contribution < -0.4 is 4.74 Å². The monoisotopic (exact) mass is 330 g/mol. The quantitative estimate of drug-likeness (QED) is 0.791. The van der Waals surface area contributed by atoms with Crippen molar-refractivity contribution in [1.29, 1.82) is 0 Å². The number of carboxylic acid groups (broad SMARTS) is 1. The highest BCUT2D eigenvalue weighted by Crippen LogP contribution is 2.55. The number of fused-ring (bicyclic) bond motifs is 3. The molecule has 0 fully saturated rings. The van der Waals surface area contributed by atoms with Gasteiger partial charge in [0.2, 0.25) is 0 Å². The largest absolute Gasteiger partial charge is 0.507 e. The van der Waals surface area contributed by atoms with Crippen molar-refractivity contribution in [2.45, 2.75) is 64.9 Å². The van der Waals surface area contributed by atoms with E-state index in [-0.39, 0.29) is 28.7 Å². The van der Waals surface area contributed by atoms with Gasteiger partial charge in [-0.25, -0.2) is 4.79 Å². The predicted octanol–water partition coefficient (Wildman–Crippen LogP) is 4.65. The van der Waals surface area contributed by atoms with Gasteiger partial charge in [-0.3, -0.25) is 0 Å². The maximum atomic E-state index is 11.7. The number of phenols is 1. The van der Waals surface area contributed by atoms with E-state index in [0.29, 0.717) is 23.3 Å². The lowest BCUT2D eigenvalue weighted by Gasteiger charge is -2.47. The fourth-order valence-corrected chi connectivity index (χ4v) is 4.36. The van der Waals surface area contributed by atoms with Crippen molar-refractivity contribution in [3.63, 3.8) is 0 Å². The van der Waals surface area contributed by atoms with Gasteiger partial charge in [-0.05, 0) is 51.7 Å². The summed E-state index contributed by atoms with van der Waals surface area (Å²) in [4.78, 5) is 11.7. The van der Waals surface area contributed by atoms with E-state index < -0.39 is 5.97 Å². The number of hydrogen-bond donors (Lipinski definition) is 2. The minimum absolute atomic E-state index is 0.0462. The number of aromatic carboxylic acids is 1. The Labute approximate surface area is 143 Å². The molecule has 24 heavy (non-hydrogen) atoms. The molecule has 1 aliphatic heterocycles. The molecule has 3 rings (SSSR count). The summed E-state index contributed by atoms with van der Waals surface area (Å²) >= 11 is 0. The molecule has 4 nitrogen and oxygen atoms in total. The molecule has 0 bridgehead atoms. The van der Waals surface area contributed by atoms with E-state index >= 15 is 0 Å². The molecular formula is C20H26O4. The van der Waals surface area contributed by atoms with E-state index in [1.54, 1.807) is 0 Å². The first-order valence-electron chi connectivity index (χ1n) is 8.73. The molecule has 1 heterocycles. The average molecular weight is 330 g/mol. The van der Waals surface area contributed by atoms with E-state index in [2.05, 4.69) is 26.8 Å². The lowest BCUT2D eigenvalue weighted by molar-refractivity contribution is 0.00743. The van der Waals surface area contributed by atoms with Gasteiger partial charge in [0.25, 0.3) is 0 Å². The van der Waals surface area contributed by atoms with Gasteiger partial charge < -0.3 is 14.9 Å². The summed E-state index contributed by atoms with van der Waals surface area (Å²) in [7, 11) is 0. The maximum Gasteiger partial charge on any atom is 0.339 e. The highest BCUT2D eigenvalue weighted by molar-refractivity contribution is 5.94. The fourth-order valence-electron chi connectivity index (χ4n) is 4.36. The van der Waals surface area contributed by atoms with Crippen LogP contribution in [0.25, 0.3) is 0 Å². The lowest BCUT2D eigenvalue weighted by Crippen LogP contribution is -2.45. The van der Waals surface area contributed by atoms with E-state index in [4.69, 9.17) is 4.74 Å². The smallest absolute Gasteiger partial charge is 0.339 e. The molecule has 2 N–H and O–H groups in total. The topological polar surface area (TPSA) is 66.8 Å². The van der Waals surface area contributed by atoms with Crippen LogP contribution in [-0.4, -0.2) is 21.8 Å². The molecule has 0 amide bonds. The lowest BCUT2D eigenvalue weighted by atomic mass is 9.67. The number of aryl methyl sites for hydroxylation is 1. The van der Waals surface area contributed by atoms with Crippen molar-refractivity contribution in [2.75, 3.05) is 0 Å². The second-order valence-electron chi connectivity index (χ2n) is 7.64. The van der Waals surface area contributed by atoms with Gasteiger partial charge in [0.1, 0.15) is 22.7 Å². The molecule has 2 unspecified atom stereocenters. The minimum Gasteiger partial charge on any atom is -0.507 e. The number of rotatable bonds is 3. The highest BCUT2D eigenvalue weighted by Gasteiger charge is 2.46. The number of ether oxygens (including phenoxy) is 1. The number of carboxylic acids is 1. The number of hydrogen-bond acceptors (Lipinski definition) is 3. The molecule has 0 radical (unpaired) electrons. The summed E-state index contributed by atoms with van der Waals surface area (Å²) in [5.74, 6) is -0.172. The zero-order chi connectivity index (χ0) is 17.6. The molecule has 130 valence electrons. The summed E-state index contributed by atoms with van der Waals surface area (Å²) < 4.78 is 6.24. The third-order valence-electron chi connectivity index (χ3n) is 5.50. The van der Waals surface area contributed by atoms with E-state index in [0.717, 1.165) is 19.3 Å². The Morgan fingerprint density at radius 1 is 1.42 bits per heavy atom. The molecule has 2 atom stereocenters. The Hall–Kier alpha value is -1.97. The van der Waals surface area contributed by atoms with Crippen molar-refractivity contribution in [1.82, 2.24) is 0 Å². The summed E-state index contributed by atoms with van der Waals surface area (Å²) in [5, 5.41) is 20.4. The molecule has 2 aliphatic rings. The third kappa shape index (κ3) is 2.58. The molecule has 4 heteroatoms. The van der Waals surface area contributed by atoms with E-state index in [1.165, 1.54) is 5.57 Å². The molecule has 0 spiro atoms. The van der Waals surface area contributed by atoms with Gasteiger partial charge in [0.05, 0.1) is 0 Å². The van der Waals surface area contributed by atoms with Gasteiger partial charge in [-0.1, -0.05) is 25.0 Å². The van der Waals surface area contributed by atoms with Crippen molar-refractivity contribution in [3.8, 4) is 11.5 Å². The number of benzene rings is 1. The van der Waals surface area contributed by atoms with Crippen LogP contribution in [0.5, 0.6) is 11.5 Å². The molecule has 1 aromatic carbocycles. The molecule has 0 saturated carbocycles. The maximum absolute atomic E-state index is 11.7. The zero-order valence-electron chi connectivity index (χ0n) is 14.8. The molecule has 0 saturated heterocycles. The number of aromatic hydroxyl groups is 1. The third-order valence-corrected chi connectivity index (χ3v) is 5.50. The van der Waals surface area contributed by atoms with Crippen LogP contribution in [0.4, 0.5) is 0 Å². The Bertz CT molecular complexity index is 715. The molecule has 0 aromatic heterocycles. The first kappa shape index (κ1) is 16.9. The highest BCUT2D eigenvalue weighted by atomic mass is 16.5. The van der Waals surface area contributed by atoms with Gasteiger partial charge in [0.15, 0.2) is 0 Å². The van der Waals surface area contributed by atoms with Crippen LogP contribution >= 0.6 is 0 Å².